The number of hydrogen-bond acceptors (Lipinski definition) is 3. The Morgan fingerprint density at radius 2 is 2.05 bits per heavy atom. The number of anilines is 1. The number of hydrogen-bond donors (Lipinski definition) is 1. The van der Waals surface area contributed by atoms with Crippen molar-refractivity contribution in [3.8, 4) is 0 Å². The quantitative estimate of drug-likeness (QED) is 0.820. The molecule has 0 radical (unpaired) electrons. The maximum absolute atomic E-state index is 11.7. The number of para-hydroxylation sites is 1. The lowest BCUT2D eigenvalue weighted by atomic mass is 10.1. The van der Waals surface area contributed by atoms with E-state index in [1.54, 1.807) is 6.20 Å². The minimum atomic E-state index is -0.249. The minimum absolute atomic E-state index is 0.249. The number of ether oxygens (including phenoxy) is 1. The lowest BCUT2D eigenvalue weighted by molar-refractivity contribution is -0.133. The van der Waals surface area contributed by atoms with Gasteiger partial charge in [0.2, 0.25) is 0 Å². The van der Waals surface area contributed by atoms with E-state index in [1.807, 2.05) is 30.3 Å². The summed E-state index contributed by atoms with van der Waals surface area (Å²) >= 11 is 3.44. The van der Waals surface area contributed by atoms with Crippen LogP contribution >= 0.6 is 15.9 Å². The monoisotopic (exact) mass is 321 g/mol. The van der Waals surface area contributed by atoms with E-state index in [0.717, 1.165) is 35.0 Å². The first-order chi connectivity index (χ1) is 9.22. The molecule has 1 aromatic carbocycles. The first-order valence-corrected chi connectivity index (χ1v) is 7.14. The molecule has 19 heavy (non-hydrogen) atoms. The molecule has 0 aliphatic carbocycles. The highest BCUT2D eigenvalue weighted by molar-refractivity contribution is 9.12. The summed E-state index contributed by atoms with van der Waals surface area (Å²) in [5, 5.41) is 3.11. The summed E-state index contributed by atoms with van der Waals surface area (Å²) in [5.41, 5.74) is 1.68. The molecule has 1 aliphatic rings. The van der Waals surface area contributed by atoms with Gasteiger partial charge in [0, 0.05) is 11.9 Å². The number of unbranched alkanes of at least 4 members (excludes halogenated alkanes) is 1. The molecule has 0 fully saturated rings. The first kappa shape index (κ1) is 13.9. The molecule has 0 aromatic heterocycles. The van der Waals surface area contributed by atoms with E-state index in [1.165, 1.54) is 0 Å². The van der Waals surface area contributed by atoms with Crippen LogP contribution < -0.4 is 5.32 Å². The molecule has 0 atom stereocenters. The molecule has 0 saturated carbocycles. The highest BCUT2D eigenvalue weighted by Crippen LogP contribution is 2.33. The highest BCUT2D eigenvalue weighted by Gasteiger charge is 2.27. The van der Waals surface area contributed by atoms with Crippen LogP contribution in [-0.2, 0) is 9.53 Å². The molecule has 1 N–H and O–H groups in total. The molecule has 0 amide bonds. The fourth-order valence-electron chi connectivity index (χ4n) is 1.79. The molecule has 1 aromatic rings. The number of nitrogens with one attached hydrogen (secondary N) is 1. The molecule has 0 unspecified atom stereocenters. The van der Waals surface area contributed by atoms with Gasteiger partial charge in [0.25, 0.3) is 0 Å². The number of carbonyl (C=O) groups excluding carboxylic acids is 1. The summed E-state index contributed by atoms with van der Waals surface area (Å²) in [5.74, 6) is 0.293. The zero-order valence-corrected chi connectivity index (χ0v) is 12.4. The van der Waals surface area contributed by atoms with E-state index in [0.29, 0.717) is 5.76 Å². The number of cyclic esters (lactones) is 1. The van der Waals surface area contributed by atoms with Crippen molar-refractivity contribution in [2.75, 3.05) is 5.32 Å². The van der Waals surface area contributed by atoms with E-state index in [-0.39, 0.29) is 5.97 Å². The van der Waals surface area contributed by atoms with E-state index < -0.39 is 0 Å². The van der Waals surface area contributed by atoms with Crippen LogP contribution in [0.1, 0.15) is 26.2 Å². The van der Waals surface area contributed by atoms with Gasteiger partial charge in [0.1, 0.15) is 0 Å². The van der Waals surface area contributed by atoms with Gasteiger partial charge < -0.3 is 10.1 Å². The molecule has 0 spiro atoms. The third-order valence-corrected chi connectivity index (χ3v) is 3.72. The topological polar surface area (TPSA) is 38.3 Å². The molecule has 1 heterocycles. The lowest BCUT2D eigenvalue weighted by Crippen LogP contribution is -1.99. The Morgan fingerprint density at radius 1 is 1.32 bits per heavy atom. The molecular formula is C15H16BrNO2. The van der Waals surface area contributed by atoms with Crippen molar-refractivity contribution in [3.05, 3.63) is 52.3 Å². The van der Waals surface area contributed by atoms with Gasteiger partial charge in [0.15, 0.2) is 5.76 Å². The van der Waals surface area contributed by atoms with Crippen LogP contribution in [0.25, 0.3) is 0 Å². The van der Waals surface area contributed by atoms with Crippen molar-refractivity contribution >= 4 is 27.6 Å². The Balaban J connectivity index is 2.09. The van der Waals surface area contributed by atoms with Crippen LogP contribution in [0, 0.1) is 0 Å². The second-order valence-corrected chi connectivity index (χ2v) is 5.10. The third kappa shape index (κ3) is 3.47. The van der Waals surface area contributed by atoms with Gasteiger partial charge in [-0.1, -0.05) is 31.5 Å². The average molecular weight is 322 g/mol. The van der Waals surface area contributed by atoms with Crippen molar-refractivity contribution < 1.29 is 9.53 Å². The Hall–Kier alpha value is -1.55. The maximum atomic E-state index is 11.7. The SMILES string of the molecule is CCCCC1=C(Br)/C(=C/Nc2ccccc2)OC1=O. The summed E-state index contributed by atoms with van der Waals surface area (Å²) in [7, 11) is 0. The molecule has 1 aliphatic heterocycles. The number of rotatable bonds is 5. The van der Waals surface area contributed by atoms with Crippen molar-refractivity contribution in [1.82, 2.24) is 0 Å². The first-order valence-electron chi connectivity index (χ1n) is 6.35. The summed E-state index contributed by atoms with van der Waals surface area (Å²) < 4.78 is 6.00. The maximum Gasteiger partial charge on any atom is 0.340 e. The molecule has 100 valence electrons. The standard InChI is InChI=1S/C15H16BrNO2/c1-2-3-9-12-14(16)13(19-15(12)18)10-17-11-7-5-4-6-8-11/h4-8,10,17H,2-3,9H2,1H3/b13-10-. The zero-order valence-electron chi connectivity index (χ0n) is 10.8. The van der Waals surface area contributed by atoms with Gasteiger partial charge in [0.05, 0.1) is 10.1 Å². The zero-order chi connectivity index (χ0) is 13.7. The van der Waals surface area contributed by atoms with Crippen LogP contribution in [-0.4, -0.2) is 5.97 Å². The fourth-order valence-corrected chi connectivity index (χ4v) is 2.34. The van der Waals surface area contributed by atoms with Gasteiger partial charge in [-0.3, -0.25) is 0 Å². The summed E-state index contributed by atoms with van der Waals surface area (Å²) in [6.45, 7) is 2.10. The highest BCUT2D eigenvalue weighted by atomic mass is 79.9. The smallest absolute Gasteiger partial charge is 0.340 e. The van der Waals surface area contributed by atoms with E-state index in [9.17, 15) is 4.79 Å². The van der Waals surface area contributed by atoms with Crippen LogP contribution in [0.4, 0.5) is 5.69 Å². The largest absolute Gasteiger partial charge is 0.420 e. The molecule has 2 rings (SSSR count). The normalized spacial score (nSPS) is 16.9. The lowest BCUT2D eigenvalue weighted by Gasteiger charge is -2.01. The van der Waals surface area contributed by atoms with Crippen LogP contribution in [0.3, 0.4) is 0 Å². The van der Waals surface area contributed by atoms with Crippen LogP contribution in [0.5, 0.6) is 0 Å². The summed E-state index contributed by atoms with van der Waals surface area (Å²) in [6.07, 6.45) is 4.49. The molecule has 0 bridgehead atoms. The summed E-state index contributed by atoms with van der Waals surface area (Å²) in [4.78, 5) is 11.7. The summed E-state index contributed by atoms with van der Waals surface area (Å²) in [6, 6.07) is 9.73. The number of halogens is 1. The number of benzene rings is 1. The third-order valence-electron chi connectivity index (χ3n) is 2.85. The second-order valence-electron chi connectivity index (χ2n) is 4.30. The van der Waals surface area contributed by atoms with E-state index >= 15 is 0 Å². The predicted octanol–water partition coefficient (Wildman–Crippen LogP) is 4.34. The predicted molar refractivity (Wildman–Crippen MR) is 79.7 cm³/mol. The molecule has 4 heteroatoms. The molecular weight excluding hydrogens is 306 g/mol. The average Bonchev–Trinajstić information content (AvgIpc) is 2.70. The second kappa shape index (κ2) is 6.57. The fraction of sp³-hybridized carbons (Fsp3) is 0.267. The number of carbonyl (C=O) groups is 1. The Kier molecular flexibility index (Phi) is 4.80. The van der Waals surface area contributed by atoms with Gasteiger partial charge >= 0.3 is 5.97 Å². The van der Waals surface area contributed by atoms with Gasteiger partial charge in [-0.25, -0.2) is 4.79 Å². The minimum Gasteiger partial charge on any atom is -0.420 e. The van der Waals surface area contributed by atoms with Gasteiger partial charge in [-0.15, -0.1) is 0 Å². The van der Waals surface area contributed by atoms with Crippen LogP contribution in [0.2, 0.25) is 0 Å². The number of allylic oxidation sites excluding steroid dienone is 1. The van der Waals surface area contributed by atoms with Crippen molar-refractivity contribution in [1.29, 1.82) is 0 Å². The Labute approximate surface area is 121 Å². The van der Waals surface area contributed by atoms with Crippen LogP contribution in [0.15, 0.2) is 52.3 Å². The Morgan fingerprint density at radius 3 is 2.74 bits per heavy atom. The van der Waals surface area contributed by atoms with Crippen molar-refractivity contribution in [2.24, 2.45) is 0 Å². The van der Waals surface area contributed by atoms with Crippen molar-refractivity contribution in [2.45, 2.75) is 26.2 Å². The van der Waals surface area contributed by atoms with Gasteiger partial charge in [-0.05, 0) is 40.9 Å². The van der Waals surface area contributed by atoms with E-state index in [2.05, 4.69) is 28.2 Å². The Bertz CT molecular complexity index is 520. The van der Waals surface area contributed by atoms with Crippen molar-refractivity contribution in [3.63, 3.8) is 0 Å². The molecule has 3 nitrogen and oxygen atoms in total. The molecule has 0 saturated heterocycles. The van der Waals surface area contributed by atoms with E-state index in [4.69, 9.17) is 4.74 Å². The number of esters is 1. The van der Waals surface area contributed by atoms with Gasteiger partial charge in [-0.2, -0.15) is 0 Å².